The van der Waals surface area contributed by atoms with Gasteiger partial charge >= 0.3 is 0 Å². The van der Waals surface area contributed by atoms with Crippen molar-refractivity contribution in [3.05, 3.63) is 46.3 Å². The first kappa shape index (κ1) is 17.9. The lowest BCUT2D eigenvalue weighted by Gasteiger charge is -2.33. The molecule has 7 heteroatoms. The third-order valence-corrected chi connectivity index (χ3v) is 4.84. The molecule has 0 radical (unpaired) electrons. The summed E-state index contributed by atoms with van der Waals surface area (Å²) >= 11 is 6.09. The van der Waals surface area contributed by atoms with E-state index in [0.29, 0.717) is 11.6 Å². The molecule has 1 saturated heterocycles. The number of aromatic nitrogens is 1. The Morgan fingerprint density at radius 3 is 2.64 bits per heavy atom. The van der Waals surface area contributed by atoms with Gasteiger partial charge in [0.25, 0.3) is 0 Å². The molecule has 2 heterocycles. The van der Waals surface area contributed by atoms with Crippen molar-refractivity contribution >= 4 is 23.2 Å². The monoisotopic (exact) mass is 362 g/mol. The second-order valence-electron chi connectivity index (χ2n) is 6.45. The fourth-order valence-electron chi connectivity index (χ4n) is 2.95. The van der Waals surface area contributed by atoms with Crippen LogP contribution in [0.15, 0.2) is 28.8 Å². The average molecular weight is 363 g/mol. The van der Waals surface area contributed by atoms with Crippen LogP contribution in [0.2, 0.25) is 5.02 Å². The number of carbonyl (C=O) groups is 1. The van der Waals surface area contributed by atoms with Gasteiger partial charge in [0.2, 0.25) is 5.91 Å². The highest BCUT2D eigenvalue weighted by molar-refractivity contribution is 6.31. The van der Waals surface area contributed by atoms with E-state index < -0.39 is 0 Å². The van der Waals surface area contributed by atoms with E-state index in [9.17, 15) is 4.79 Å². The number of nitrogens with one attached hydrogen (secondary N) is 1. The van der Waals surface area contributed by atoms with Crippen molar-refractivity contribution in [3.63, 3.8) is 0 Å². The van der Waals surface area contributed by atoms with Crippen LogP contribution in [-0.2, 0) is 11.3 Å². The lowest BCUT2D eigenvalue weighted by Crippen LogP contribution is -2.48. The molecule has 3 rings (SSSR count). The van der Waals surface area contributed by atoms with Gasteiger partial charge < -0.3 is 9.84 Å². The van der Waals surface area contributed by atoms with Crippen molar-refractivity contribution in [2.75, 3.05) is 38.0 Å². The van der Waals surface area contributed by atoms with Gasteiger partial charge in [-0.05, 0) is 31.5 Å². The minimum absolute atomic E-state index is 0.00956. The standard InChI is InChI=1S/C18H23ClN4O2/c1-13-10-15(25-21-13)11-22-6-8-23(9-7-22)12-18(24)20-17-5-3-4-16(19)14(17)2/h3-5,10H,6-9,11-12H2,1-2H3,(H,20,24). The van der Waals surface area contributed by atoms with Gasteiger partial charge in [-0.25, -0.2) is 0 Å². The van der Waals surface area contributed by atoms with Crippen LogP contribution in [0.4, 0.5) is 5.69 Å². The second-order valence-corrected chi connectivity index (χ2v) is 6.85. The zero-order chi connectivity index (χ0) is 17.8. The zero-order valence-corrected chi connectivity index (χ0v) is 15.3. The molecule has 1 aromatic heterocycles. The maximum atomic E-state index is 12.3. The molecule has 1 N–H and O–H groups in total. The summed E-state index contributed by atoms with van der Waals surface area (Å²) in [4.78, 5) is 16.8. The molecule has 1 aliphatic heterocycles. The number of benzene rings is 1. The maximum absolute atomic E-state index is 12.3. The van der Waals surface area contributed by atoms with Crippen molar-refractivity contribution in [1.29, 1.82) is 0 Å². The molecule has 0 spiro atoms. The van der Waals surface area contributed by atoms with Gasteiger partial charge in [-0.2, -0.15) is 0 Å². The Morgan fingerprint density at radius 2 is 1.96 bits per heavy atom. The largest absolute Gasteiger partial charge is 0.360 e. The fraction of sp³-hybridized carbons (Fsp3) is 0.444. The summed E-state index contributed by atoms with van der Waals surface area (Å²) in [5.41, 5.74) is 2.57. The van der Waals surface area contributed by atoms with Crippen LogP contribution in [0, 0.1) is 13.8 Å². The van der Waals surface area contributed by atoms with Gasteiger partial charge in [0.15, 0.2) is 5.76 Å². The molecule has 2 aromatic rings. The van der Waals surface area contributed by atoms with Crippen molar-refractivity contribution < 1.29 is 9.32 Å². The van der Waals surface area contributed by atoms with Gasteiger partial charge in [-0.1, -0.05) is 22.8 Å². The van der Waals surface area contributed by atoms with Crippen molar-refractivity contribution in [2.45, 2.75) is 20.4 Å². The molecule has 0 atom stereocenters. The van der Waals surface area contributed by atoms with Crippen LogP contribution in [-0.4, -0.2) is 53.6 Å². The summed E-state index contributed by atoms with van der Waals surface area (Å²) in [7, 11) is 0. The normalized spacial score (nSPS) is 16.1. The number of nitrogens with zero attached hydrogens (tertiary/aromatic N) is 3. The van der Waals surface area contributed by atoms with Gasteiger partial charge in [0.1, 0.15) is 0 Å². The zero-order valence-electron chi connectivity index (χ0n) is 14.6. The van der Waals surface area contributed by atoms with E-state index >= 15 is 0 Å². The number of hydrogen-bond acceptors (Lipinski definition) is 5. The highest BCUT2D eigenvalue weighted by atomic mass is 35.5. The van der Waals surface area contributed by atoms with Crippen LogP contribution in [0.3, 0.4) is 0 Å². The minimum Gasteiger partial charge on any atom is -0.360 e. The molecule has 0 aliphatic carbocycles. The Kier molecular flexibility index (Phi) is 5.73. The topological polar surface area (TPSA) is 61.6 Å². The van der Waals surface area contributed by atoms with Crippen LogP contribution in [0.5, 0.6) is 0 Å². The fourth-order valence-corrected chi connectivity index (χ4v) is 3.13. The van der Waals surface area contributed by atoms with Crippen molar-refractivity contribution in [2.24, 2.45) is 0 Å². The van der Waals surface area contributed by atoms with E-state index in [4.69, 9.17) is 16.1 Å². The quantitative estimate of drug-likeness (QED) is 0.886. The van der Waals surface area contributed by atoms with Gasteiger partial charge in [0, 0.05) is 43.0 Å². The number of rotatable bonds is 5. The molecule has 1 amide bonds. The third-order valence-electron chi connectivity index (χ3n) is 4.43. The van der Waals surface area contributed by atoms with Crippen LogP contribution >= 0.6 is 11.6 Å². The third kappa shape index (κ3) is 4.81. The summed E-state index contributed by atoms with van der Waals surface area (Å²) in [5, 5.41) is 7.53. The summed E-state index contributed by atoms with van der Waals surface area (Å²) in [6, 6.07) is 7.50. The molecule has 0 saturated carbocycles. The van der Waals surface area contributed by atoms with E-state index in [2.05, 4.69) is 20.3 Å². The Bertz CT molecular complexity index is 738. The smallest absolute Gasteiger partial charge is 0.238 e. The van der Waals surface area contributed by atoms with E-state index in [-0.39, 0.29) is 5.91 Å². The Labute approximate surface area is 152 Å². The van der Waals surface area contributed by atoms with Gasteiger partial charge in [-0.3, -0.25) is 14.6 Å². The van der Waals surface area contributed by atoms with E-state index in [1.54, 1.807) is 0 Å². The predicted octanol–water partition coefficient (Wildman–Crippen LogP) is 2.70. The van der Waals surface area contributed by atoms with Crippen LogP contribution in [0.1, 0.15) is 17.0 Å². The molecule has 6 nitrogen and oxygen atoms in total. The Morgan fingerprint density at radius 1 is 1.24 bits per heavy atom. The highest BCUT2D eigenvalue weighted by Gasteiger charge is 2.20. The van der Waals surface area contributed by atoms with E-state index in [1.807, 2.05) is 38.1 Å². The number of anilines is 1. The maximum Gasteiger partial charge on any atom is 0.238 e. The lowest BCUT2D eigenvalue weighted by molar-refractivity contribution is -0.117. The number of aryl methyl sites for hydroxylation is 1. The summed E-state index contributed by atoms with van der Waals surface area (Å²) in [5.74, 6) is 0.879. The molecular formula is C18H23ClN4O2. The molecule has 1 aliphatic rings. The summed E-state index contributed by atoms with van der Waals surface area (Å²) in [6.07, 6.45) is 0. The van der Waals surface area contributed by atoms with Gasteiger partial charge in [-0.15, -0.1) is 0 Å². The molecule has 0 unspecified atom stereocenters. The van der Waals surface area contributed by atoms with Gasteiger partial charge in [0.05, 0.1) is 18.8 Å². The lowest BCUT2D eigenvalue weighted by atomic mass is 10.2. The number of amides is 1. The number of carbonyl (C=O) groups excluding carboxylic acids is 1. The molecule has 1 aromatic carbocycles. The molecule has 25 heavy (non-hydrogen) atoms. The second kappa shape index (κ2) is 7.99. The SMILES string of the molecule is Cc1cc(CN2CCN(CC(=O)Nc3cccc(Cl)c3C)CC2)on1. The average Bonchev–Trinajstić information content (AvgIpc) is 2.99. The summed E-state index contributed by atoms with van der Waals surface area (Å²) in [6.45, 7) is 8.51. The molecule has 134 valence electrons. The molecule has 1 fully saturated rings. The predicted molar refractivity (Wildman–Crippen MR) is 97.8 cm³/mol. The molecule has 0 bridgehead atoms. The van der Waals surface area contributed by atoms with E-state index in [0.717, 1.165) is 55.4 Å². The number of piperazine rings is 1. The van der Waals surface area contributed by atoms with E-state index in [1.165, 1.54) is 0 Å². The Hall–Kier alpha value is -1.89. The van der Waals surface area contributed by atoms with Crippen molar-refractivity contribution in [1.82, 2.24) is 15.0 Å². The summed E-state index contributed by atoms with van der Waals surface area (Å²) < 4.78 is 5.27. The van der Waals surface area contributed by atoms with Crippen LogP contribution < -0.4 is 5.32 Å². The Balaban J connectivity index is 1.45. The number of halogens is 1. The highest BCUT2D eigenvalue weighted by Crippen LogP contribution is 2.22. The number of hydrogen-bond donors (Lipinski definition) is 1. The first-order valence-electron chi connectivity index (χ1n) is 8.43. The minimum atomic E-state index is -0.00956. The van der Waals surface area contributed by atoms with Crippen molar-refractivity contribution in [3.8, 4) is 0 Å². The first-order chi connectivity index (χ1) is 12.0. The van der Waals surface area contributed by atoms with Crippen LogP contribution in [0.25, 0.3) is 0 Å². The molecular weight excluding hydrogens is 340 g/mol. The first-order valence-corrected chi connectivity index (χ1v) is 8.81.